The van der Waals surface area contributed by atoms with Crippen LogP contribution < -0.4 is 15.5 Å². The molecule has 1 saturated heterocycles. The molecule has 0 unspecified atom stereocenters. The van der Waals surface area contributed by atoms with E-state index in [2.05, 4.69) is 64.1 Å². The quantitative estimate of drug-likeness (QED) is 0.818. The molecule has 1 heterocycles. The summed E-state index contributed by atoms with van der Waals surface area (Å²) in [5, 5.41) is 7.14. The number of thiocarbonyl (C=S) groups is 1. The molecule has 2 aromatic rings. The first-order valence-electron chi connectivity index (χ1n) is 8.33. The zero-order valence-corrected chi connectivity index (χ0v) is 14.5. The van der Waals surface area contributed by atoms with Crippen molar-refractivity contribution >= 4 is 28.7 Å². The van der Waals surface area contributed by atoms with Crippen LogP contribution >= 0.6 is 12.2 Å². The molecule has 24 heavy (non-hydrogen) atoms. The van der Waals surface area contributed by atoms with Gasteiger partial charge >= 0.3 is 0 Å². The van der Waals surface area contributed by atoms with E-state index in [-0.39, 0.29) is 0 Å². The van der Waals surface area contributed by atoms with Gasteiger partial charge in [-0.05, 0) is 48.5 Å². The zero-order valence-electron chi connectivity index (χ0n) is 13.7. The van der Waals surface area contributed by atoms with Crippen LogP contribution in [-0.4, -0.2) is 38.0 Å². The molecule has 0 amide bonds. The van der Waals surface area contributed by atoms with Gasteiger partial charge in [0.1, 0.15) is 0 Å². The van der Waals surface area contributed by atoms with Crippen molar-refractivity contribution in [3.05, 3.63) is 60.2 Å². The predicted molar refractivity (Wildman–Crippen MR) is 104 cm³/mol. The summed E-state index contributed by atoms with van der Waals surface area (Å²) in [6.45, 7) is 4.32. The van der Waals surface area contributed by atoms with Gasteiger partial charge < -0.3 is 20.3 Å². The van der Waals surface area contributed by atoms with Crippen molar-refractivity contribution in [3.8, 4) is 0 Å². The molecule has 2 aromatic carbocycles. The van der Waals surface area contributed by atoms with Crippen LogP contribution in [0.15, 0.2) is 54.6 Å². The highest BCUT2D eigenvalue weighted by atomic mass is 32.1. The molecule has 4 nitrogen and oxygen atoms in total. The average Bonchev–Trinajstić information content (AvgIpc) is 2.64. The van der Waals surface area contributed by atoms with E-state index in [1.807, 2.05) is 6.07 Å². The molecule has 1 aliphatic rings. The summed E-state index contributed by atoms with van der Waals surface area (Å²) in [6.07, 6.45) is 0.957. The average molecular weight is 341 g/mol. The maximum Gasteiger partial charge on any atom is 0.170 e. The van der Waals surface area contributed by atoms with Gasteiger partial charge in [0, 0.05) is 31.0 Å². The van der Waals surface area contributed by atoms with Crippen molar-refractivity contribution < 1.29 is 4.74 Å². The Morgan fingerprint density at radius 1 is 1.00 bits per heavy atom. The number of rotatable bonds is 5. The number of hydrogen-bond acceptors (Lipinski definition) is 3. The third-order valence-electron chi connectivity index (χ3n) is 4.04. The third-order valence-corrected chi connectivity index (χ3v) is 4.29. The molecule has 2 N–H and O–H groups in total. The molecule has 126 valence electrons. The molecule has 0 aromatic heterocycles. The summed E-state index contributed by atoms with van der Waals surface area (Å²) in [6, 6.07) is 18.8. The minimum Gasteiger partial charge on any atom is -0.378 e. The van der Waals surface area contributed by atoms with Gasteiger partial charge in [-0.15, -0.1) is 0 Å². The van der Waals surface area contributed by atoms with Gasteiger partial charge in [-0.25, -0.2) is 0 Å². The van der Waals surface area contributed by atoms with Gasteiger partial charge in [0.2, 0.25) is 0 Å². The third kappa shape index (κ3) is 4.94. The van der Waals surface area contributed by atoms with E-state index in [0.29, 0.717) is 5.11 Å². The largest absolute Gasteiger partial charge is 0.378 e. The Morgan fingerprint density at radius 2 is 1.71 bits per heavy atom. The number of ether oxygens (including phenoxy) is 1. The van der Waals surface area contributed by atoms with E-state index in [1.54, 1.807) is 0 Å². The Bertz CT molecular complexity index is 639. The van der Waals surface area contributed by atoms with Crippen molar-refractivity contribution in [3.63, 3.8) is 0 Å². The molecular weight excluding hydrogens is 318 g/mol. The van der Waals surface area contributed by atoms with E-state index in [4.69, 9.17) is 17.0 Å². The molecular formula is C19H23N3OS. The lowest BCUT2D eigenvalue weighted by Gasteiger charge is -2.29. The maximum atomic E-state index is 5.39. The van der Waals surface area contributed by atoms with E-state index in [9.17, 15) is 0 Å². The summed E-state index contributed by atoms with van der Waals surface area (Å²) < 4.78 is 5.39. The molecule has 1 fully saturated rings. The Labute approximate surface area is 148 Å². The minimum absolute atomic E-state index is 0.657. The lowest BCUT2D eigenvalue weighted by molar-refractivity contribution is 0.122. The molecule has 1 aliphatic heterocycles. The van der Waals surface area contributed by atoms with Crippen molar-refractivity contribution in [2.24, 2.45) is 0 Å². The first kappa shape index (κ1) is 16.7. The molecule has 0 atom stereocenters. The van der Waals surface area contributed by atoms with E-state index < -0.39 is 0 Å². The predicted octanol–water partition coefficient (Wildman–Crippen LogP) is 3.05. The summed E-state index contributed by atoms with van der Waals surface area (Å²) in [5.74, 6) is 0. The van der Waals surface area contributed by atoms with Gasteiger partial charge in [-0.1, -0.05) is 30.3 Å². The first-order valence-corrected chi connectivity index (χ1v) is 8.73. The minimum atomic E-state index is 0.657. The first-order chi connectivity index (χ1) is 11.8. The summed E-state index contributed by atoms with van der Waals surface area (Å²) >= 11 is 5.36. The molecule has 0 radical (unpaired) electrons. The second-order valence-electron chi connectivity index (χ2n) is 5.76. The van der Waals surface area contributed by atoms with Gasteiger partial charge in [-0.2, -0.15) is 0 Å². The standard InChI is InChI=1S/C19H23N3OS/c24-19(20-11-10-16-4-2-1-3-5-16)21-17-6-8-18(9-7-17)22-12-14-23-15-13-22/h1-9H,10-15H2,(H2,20,21,24). The number of nitrogens with zero attached hydrogens (tertiary/aromatic N) is 1. The topological polar surface area (TPSA) is 36.5 Å². The highest BCUT2D eigenvalue weighted by molar-refractivity contribution is 7.80. The van der Waals surface area contributed by atoms with Crippen LogP contribution in [0.3, 0.4) is 0 Å². The van der Waals surface area contributed by atoms with Gasteiger partial charge in [-0.3, -0.25) is 0 Å². The van der Waals surface area contributed by atoms with Crippen LogP contribution in [0.4, 0.5) is 11.4 Å². The van der Waals surface area contributed by atoms with Gasteiger partial charge in [0.05, 0.1) is 13.2 Å². The van der Waals surface area contributed by atoms with Gasteiger partial charge in [0.25, 0.3) is 0 Å². The van der Waals surface area contributed by atoms with Crippen molar-refractivity contribution in [1.82, 2.24) is 5.32 Å². The highest BCUT2D eigenvalue weighted by Gasteiger charge is 2.10. The fourth-order valence-electron chi connectivity index (χ4n) is 2.72. The van der Waals surface area contributed by atoms with E-state index in [1.165, 1.54) is 11.3 Å². The maximum absolute atomic E-state index is 5.39. The smallest absolute Gasteiger partial charge is 0.170 e. The number of morpholine rings is 1. The van der Waals surface area contributed by atoms with Crippen molar-refractivity contribution in [2.45, 2.75) is 6.42 Å². The fraction of sp³-hybridized carbons (Fsp3) is 0.316. The zero-order chi connectivity index (χ0) is 16.6. The number of benzene rings is 2. The fourth-order valence-corrected chi connectivity index (χ4v) is 2.94. The Hall–Kier alpha value is -2.11. The monoisotopic (exact) mass is 341 g/mol. The van der Waals surface area contributed by atoms with Crippen molar-refractivity contribution in [2.75, 3.05) is 43.1 Å². The number of nitrogens with one attached hydrogen (secondary N) is 2. The molecule has 0 bridgehead atoms. The Morgan fingerprint density at radius 3 is 2.42 bits per heavy atom. The molecule has 5 heteroatoms. The lowest BCUT2D eigenvalue weighted by Crippen LogP contribution is -2.36. The molecule has 0 aliphatic carbocycles. The van der Waals surface area contributed by atoms with E-state index >= 15 is 0 Å². The van der Waals surface area contributed by atoms with Crippen LogP contribution in [0.2, 0.25) is 0 Å². The van der Waals surface area contributed by atoms with Crippen LogP contribution in [0.5, 0.6) is 0 Å². The van der Waals surface area contributed by atoms with Crippen LogP contribution in [0.1, 0.15) is 5.56 Å². The Balaban J connectivity index is 1.44. The van der Waals surface area contributed by atoms with Crippen LogP contribution in [0, 0.1) is 0 Å². The lowest BCUT2D eigenvalue weighted by atomic mass is 10.1. The molecule has 0 saturated carbocycles. The highest BCUT2D eigenvalue weighted by Crippen LogP contribution is 2.18. The number of hydrogen-bond donors (Lipinski definition) is 2. The van der Waals surface area contributed by atoms with E-state index in [0.717, 1.165) is 45.0 Å². The second kappa shape index (κ2) is 8.66. The van der Waals surface area contributed by atoms with Crippen LogP contribution in [-0.2, 0) is 11.2 Å². The van der Waals surface area contributed by atoms with Gasteiger partial charge in [0.15, 0.2) is 5.11 Å². The SMILES string of the molecule is S=C(NCCc1ccccc1)Nc1ccc(N2CCOCC2)cc1. The summed E-state index contributed by atoms with van der Waals surface area (Å²) in [4.78, 5) is 2.34. The molecule has 3 rings (SSSR count). The Kier molecular flexibility index (Phi) is 6.04. The summed E-state index contributed by atoms with van der Waals surface area (Å²) in [7, 11) is 0. The normalized spacial score (nSPS) is 14.2. The van der Waals surface area contributed by atoms with Crippen molar-refractivity contribution in [1.29, 1.82) is 0 Å². The molecule has 0 spiro atoms. The summed E-state index contributed by atoms with van der Waals surface area (Å²) in [5.41, 5.74) is 3.54. The second-order valence-corrected chi connectivity index (χ2v) is 6.17. The number of anilines is 2. The van der Waals surface area contributed by atoms with Crippen LogP contribution in [0.25, 0.3) is 0 Å².